The van der Waals surface area contributed by atoms with Crippen LogP contribution in [-0.2, 0) is 12.0 Å². The third-order valence-corrected chi connectivity index (χ3v) is 6.13. The van der Waals surface area contributed by atoms with Crippen molar-refractivity contribution in [3.8, 4) is 0 Å². The van der Waals surface area contributed by atoms with Crippen molar-refractivity contribution in [1.82, 2.24) is 9.88 Å². The van der Waals surface area contributed by atoms with Gasteiger partial charge in [0.1, 0.15) is 11.6 Å². The Kier molecular flexibility index (Phi) is 6.04. The Hall–Kier alpha value is -3.15. The fourth-order valence-corrected chi connectivity index (χ4v) is 4.43. The Morgan fingerprint density at radius 2 is 1.81 bits per heavy atom. The van der Waals surface area contributed by atoms with Gasteiger partial charge in [0, 0.05) is 36.5 Å². The van der Waals surface area contributed by atoms with Crippen LogP contribution in [0.25, 0.3) is 0 Å². The van der Waals surface area contributed by atoms with Crippen LogP contribution in [0.1, 0.15) is 56.4 Å². The first kappa shape index (κ1) is 22.1. The molecule has 2 atom stereocenters. The largest absolute Gasteiger partial charge is 0.351 e. The summed E-state index contributed by atoms with van der Waals surface area (Å²) in [4.78, 5) is 12.8. The monoisotopic (exact) mass is 437 g/mol. The van der Waals surface area contributed by atoms with Gasteiger partial charge in [-0.1, -0.05) is 45.0 Å². The zero-order chi connectivity index (χ0) is 22.9. The number of carbonyl (C=O) groups excluding carboxylic acids is 1. The van der Waals surface area contributed by atoms with Gasteiger partial charge >= 0.3 is 6.03 Å². The number of benzene rings is 2. The van der Waals surface area contributed by atoms with Crippen LogP contribution >= 0.6 is 0 Å². The summed E-state index contributed by atoms with van der Waals surface area (Å²) in [6.07, 6.45) is 3.77. The summed E-state index contributed by atoms with van der Waals surface area (Å²) in [5, 5.41) is 5.57. The number of rotatable bonds is 3. The molecule has 4 nitrogen and oxygen atoms in total. The van der Waals surface area contributed by atoms with Crippen molar-refractivity contribution < 1.29 is 13.6 Å². The Balaban J connectivity index is 1.61. The van der Waals surface area contributed by atoms with Crippen LogP contribution in [0.2, 0.25) is 0 Å². The molecule has 0 aliphatic carbocycles. The third kappa shape index (κ3) is 4.69. The molecule has 3 aromatic rings. The van der Waals surface area contributed by atoms with Gasteiger partial charge in [-0.05, 0) is 53.6 Å². The molecule has 1 aliphatic heterocycles. The van der Waals surface area contributed by atoms with Gasteiger partial charge in [-0.3, -0.25) is 0 Å². The van der Waals surface area contributed by atoms with Crippen LogP contribution in [-0.4, -0.2) is 16.6 Å². The molecule has 32 heavy (non-hydrogen) atoms. The molecule has 1 aromatic heterocycles. The summed E-state index contributed by atoms with van der Waals surface area (Å²) < 4.78 is 29.4. The van der Waals surface area contributed by atoms with Crippen LogP contribution in [0.5, 0.6) is 0 Å². The summed E-state index contributed by atoms with van der Waals surface area (Å²) in [5.41, 5.74) is 3.52. The normalized spacial score (nSPS) is 18.5. The van der Waals surface area contributed by atoms with Gasteiger partial charge in [0.2, 0.25) is 0 Å². The lowest BCUT2D eigenvalue weighted by molar-refractivity contribution is 0.246. The molecule has 6 heteroatoms. The molecule has 0 radical (unpaired) electrons. The zero-order valence-electron chi connectivity index (χ0n) is 18.7. The van der Waals surface area contributed by atoms with Gasteiger partial charge in [-0.15, -0.1) is 0 Å². The molecule has 4 rings (SSSR count). The van der Waals surface area contributed by atoms with E-state index < -0.39 is 17.7 Å². The molecular weight excluding hydrogens is 408 g/mol. The molecule has 0 saturated heterocycles. The summed E-state index contributed by atoms with van der Waals surface area (Å²) in [6.45, 7) is 7.43. The molecule has 2 heterocycles. The van der Waals surface area contributed by atoms with E-state index in [2.05, 4.69) is 72.5 Å². The number of carbonyl (C=O) groups is 1. The highest BCUT2D eigenvalue weighted by molar-refractivity contribution is 5.89. The first-order valence-electron chi connectivity index (χ1n) is 11.0. The number of anilines is 1. The second-order valence-corrected chi connectivity index (χ2v) is 9.45. The Morgan fingerprint density at radius 1 is 1.06 bits per heavy atom. The maximum atomic E-state index is 14.0. The number of fused-ring (bicyclic) bond motifs is 1. The summed E-state index contributed by atoms with van der Waals surface area (Å²) in [7, 11) is 0. The van der Waals surface area contributed by atoms with Crippen LogP contribution in [0.15, 0.2) is 60.8 Å². The van der Waals surface area contributed by atoms with E-state index in [0.29, 0.717) is 0 Å². The van der Waals surface area contributed by atoms with Crippen LogP contribution in [0.3, 0.4) is 0 Å². The van der Waals surface area contributed by atoms with E-state index in [1.807, 2.05) is 6.07 Å². The maximum Gasteiger partial charge on any atom is 0.319 e. The zero-order valence-corrected chi connectivity index (χ0v) is 18.7. The quantitative estimate of drug-likeness (QED) is 0.505. The number of nitrogens with zero attached hydrogens (tertiary/aromatic N) is 1. The minimum Gasteiger partial charge on any atom is -0.351 e. The Bertz CT molecular complexity index is 1100. The van der Waals surface area contributed by atoms with Gasteiger partial charge in [0.15, 0.2) is 0 Å². The first-order chi connectivity index (χ1) is 15.2. The SMILES string of the molecule is CC(C)(C)c1ccc(C2c3cccn3CCCC2NC(=O)Nc2ccc(F)cc2F)cc1. The topological polar surface area (TPSA) is 46.1 Å². The maximum absolute atomic E-state index is 14.0. The Labute approximate surface area is 187 Å². The molecule has 0 bridgehead atoms. The number of halogens is 2. The lowest BCUT2D eigenvalue weighted by atomic mass is 9.83. The van der Waals surface area contributed by atoms with Gasteiger partial charge in [-0.25, -0.2) is 13.6 Å². The van der Waals surface area contributed by atoms with Crippen molar-refractivity contribution in [2.75, 3.05) is 5.32 Å². The molecule has 2 amide bonds. The van der Waals surface area contributed by atoms with Gasteiger partial charge in [0.25, 0.3) is 0 Å². The van der Waals surface area contributed by atoms with Gasteiger partial charge in [0.05, 0.1) is 5.69 Å². The molecule has 2 aromatic carbocycles. The van der Waals surface area contributed by atoms with Crippen molar-refractivity contribution in [2.45, 2.75) is 57.5 Å². The van der Waals surface area contributed by atoms with E-state index in [-0.39, 0.29) is 23.1 Å². The van der Waals surface area contributed by atoms with E-state index >= 15 is 0 Å². The van der Waals surface area contributed by atoms with Crippen LogP contribution in [0, 0.1) is 11.6 Å². The highest BCUT2D eigenvalue weighted by Crippen LogP contribution is 2.35. The number of amides is 2. The highest BCUT2D eigenvalue weighted by atomic mass is 19.1. The highest BCUT2D eigenvalue weighted by Gasteiger charge is 2.31. The molecule has 168 valence electrons. The molecule has 2 N–H and O–H groups in total. The minimum absolute atomic E-state index is 0.0367. The summed E-state index contributed by atoms with van der Waals surface area (Å²) in [5.74, 6) is -1.52. The standard InChI is InChI=1S/C26H29F2N3O/c1-26(2,3)18-10-8-17(9-11-18)24-22(6-4-14-31-15-5-7-23(24)31)30-25(32)29-21-13-12-19(27)16-20(21)28/h5,7-13,15-16,22,24H,4,6,14H2,1-3H3,(H2,29,30,32). The number of urea groups is 1. The molecule has 0 saturated carbocycles. The first-order valence-corrected chi connectivity index (χ1v) is 11.0. The molecule has 1 aliphatic rings. The van der Waals surface area contributed by atoms with Crippen molar-refractivity contribution >= 4 is 11.7 Å². The van der Waals surface area contributed by atoms with Crippen molar-refractivity contribution in [2.24, 2.45) is 0 Å². The number of aryl methyl sites for hydroxylation is 1. The van der Waals surface area contributed by atoms with Crippen LogP contribution < -0.4 is 10.6 Å². The summed E-state index contributed by atoms with van der Waals surface area (Å²) >= 11 is 0. The van der Waals surface area contributed by atoms with Crippen molar-refractivity contribution in [3.63, 3.8) is 0 Å². The van der Waals surface area contributed by atoms with Gasteiger partial charge in [-0.2, -0.15) is 0 Å². The molecule has 2 unspecified atom stereocenters. The van der Waals surface area contributed by atoms with E-state index in [4.69, 9.17) is 0 Å². The van der Waals surface area contributed by atoms with E-state index in [1.54, 1.807) is 0 Å². The average molecular weight is 438 g/mol. The van der Waals surface area contributed by atoms with Crippen molar-refractivity contribution in [1.29, 1.82) is 0 Å². The Morgan fingerprint density at radius 3 is 2.50 bits per heavy atom. The molecular formula is C26H29F2N3O. The second kappa shape index (κ2) is 8.77. The number of nitrogens with one attached hydrogen (secondary N) is 2. The van der Waals surface area contributed by atoms with E-state index in [1.165, 1.54) is 11.6 Å². The minimum atomic E-state index is -0.802. The second-order valence-electron chi connectivity index (χ2n) is 9.45. The lowest BCUT2D eigenvalue weighted by Crippen LogP contribution is -2.42. The predicted molar refractivity (Wildman–Crippen MR) is 123 cm³/mol. The fraction of sp³-hybridized carbons (Fsp3) is 0.346. The third-order valence-electron chi connectivity index (χ3n) is 6.13. The van der Waals surface area contributed by atoms with Crippen LogP contribution in [0.4, 0.5) is 19.3 Å². The number of aromatic nitrogens is 1. The van der Waals surface area contributed by atoms with E-state index in [9.17, 15) is 13.6 Å². The fourth-order valence-electron chi connectivity index (χ4n) is 4.43. The molecule has 0 spiro atoms. The average Bonchev–Trinajstić information content (AvgIpc) is 3.11. The number of hydrogen-bond donors (Lipinski definition) is 2. The predicted octanol–water partition coefficient (Wildman–Crippen LogP) is 6.18. The van der Waals surface area contributed by atoms with Gasteiger partial charge < -0.3 is 15.2 Å². The smallest absolute Gasteiger partial charge is 0.319 e. The lowest BCUT2D eigenvalue weighted by Gasteiger charge is -2.28. The molecule has 0 fully saturated rings. The number of hydrogen-bond acceptors (Lipinski definition) is 1. The van der Waals surface area contributed by atoms with Crippen molar-refractivity contribution in [3.05, 3.63) is 89.2 Å². The summed E-state index contributed by atoms with van der Waals surface area (Å²) in [6, 6.07) is 15.1. The van der Waals surface area contributed by atoms with E-state index in [0.717, 1.165) is 42.8 Å².